The Morgan fingerprint density at radius 1 is 0.750 bits per heavy atom. The molecule has 0 saturated heterocycles. The van der Waals surface area contributed by atoms with Crippen LogP contribution >= 0.6 is 0 Å². The van der Waals surface area contributed by atoms with Crippen LogP contribution in [-0.2, 0) is 32.7 Å². The number of allylic oxidation sites excluding steroid dienone is 1. The molecular weight excluding hydrogens is 269 g/mol. The van der Waals surface area contributed by atoms with Gasteiger partial charge >= 0.3 is 0 Å². The topological polar surface area (TPSA) is 0 Å². The molecule has 77 valence electrons. The molecule has 0 N–H and O–H groups in total. The summed E-state index contributed by atoms with van der Waals surface area (Å²) in [6.45, 7) is 0. The molecular formula is C15H13Y-. The van der Waals surface area contributed by atoms with E-state index in [2.05, 4.69) is 42.8 Å². The minimum absolute atomic E-state index is 0. The SMILES string of the molecule is C(=C\c1ccccc1)/[CH-]c1ccccc1.[Y]. The third kappa shape index (κ3) is 4.34. The summed E-state index contributed by atoms with van der Waals surface area (Å²) in [6.07, 6.45) is 6.28. The van der Waals surface area contributed by atoms with Crippen molar-refractivity contribution in [1.82, 2.24) is 0 Å². The van der Waals surface area contributed by atoms with Crippen LogP contribution in [0.25, 0.3) is 6.08 Å². The Morgan fingerprint density at radius 2 is 1.31 bits per heavy atom. The Hall–Kier alpha value is -0.846. The van der Waals surface area contributed by atoms with Gasteiger partial charge in [0.1, 0.15) is 0 Å². The van der Waals surface area contributed by atoms with Crippen molar-refractivity contribution in [1.29, 1.82) is 0 Å². The van der Waals surface area contributed by atoms with E-state index in [1.807, 2.05) is 36.4 Å². The zero-order valence-electron chi connectivity index (χ0n) is 9.08. The Labute approximate surface area is 122 Å². The molecule has 0 aromatic heterocycles. The molecule has 0 amide bonds. The second kappa shape index (κ2) is 7.43. The number of benzene rings is 2. The van der Waals surface area contributed by atoms with E-state index in [1.165, 1.54) is 11.1 Å². The molecule has 0 bridgehead atoms. The first-order valence-electron chi connectivity index (χ1n) is 5.07. The van der Waals surface area contributed by atoms with Gasteiger partial charge in [-0.25, -0.2) is 0 Å². The van der Waals surface area contributed by atoms with Crippen LogP contribution in [0.3, 0.4) is 0 Å². The molecule has 1 radical (unpaired) electrons. The van der Waals surface area contributed by atoms with Crippen molar-refractivity contribution < 1.29 is 32.7 Å². The first-order valence-corrected chi connectivity index (χ1v) is 5.07. The molecule has 16 heavy (non-hydrogen) atoms. The van der Waals surface area contributed by atoms with Gasteiger partial charge in [0, 0.05) is 32.7 Å². The third-order valence-electron chi connectivity index (χ3n) is 2.18. The minimum Gasteiger partial charge on any atom is -0.148 e. The fourth-order valence-corrected chi connectivity index (χ4v) is 1.40. The summed E-state index contributed by atoms with van der Waals surface area (Å²) in [5.74, 6) is 0. The standard InChI is InChI=1S/C15H13.Y/c1-3-8-14(9-4-1)12-7-13-15-10-5-2-6-11-15;/h1-13H;/q-1;/b12-7+;. The van der Waals surface area contributed by atoms with Crippen LogP contribution in [-0.4, -0.2) is 0 Å². The molecule has 0 unspecified atom stereocenters. The second-order valence-electron chi connectivity index (χ2n) is 3.35. The zero-order chi connectivity index (χ0) is 10.3. The van der Waals surface area contributed by atoms with E-state index >= 15 is 0 Å². The number of hydrogen-bond acceptors (Lipinski definition) is 0. The Balaban J connectivity index is 0.00000128. The van der Waals surface area contributed by atoms with Crippen LogP contribution in [0.4, 0.5) is 0 Å². The van der Waals surface area contributed by atoms with E-state index in [0.29, 0.717) is 0 Å². The average molecular weight is 282 g/mol. The molecule has 0 spiro atoms. The van der Waals surface area contributed by atoms with Crippen LogP contribution < -0.4 is 0 Å². The van der Waals surface area contributed by atoms with Crippen molar-refractivity contribution in [2.75, 3.05) is 0 Å². The van der Waals surface area contributed by atoms with E-state index in [4.69, 9.17) is 0 Å². The molecule has 0 fully saturated rings. The molecule has 0 heterocycles. The molecule has 0 aliphatic rings. The molecule has 1 heteroatoms. The summed E-state index contributed by atoms with van der Waals surface area (Å²) in [5, 5.41) is 0. The summed E-state index contributed by atoms with van der Waals surface area (Å²) in [4.78, 5) is 0. The van der Waals surface area contributed by atoms with Crippen LogP contribution in [0.5, 0.6) is 0 Å². The van der Waals surface area contributed by atoms with Gasteiger partial charge in [-0.1, -0.05) is 42.0 Å². The van der Waals surface area contributed by atoms with E-state index in [9.17, 15) is 0 Å². The predicted molar refractivity (Wildman–Crippen MR) is 65.3 cm³/mol. The molecule has 2 aromatic carbocycles. The number of hydrogen-bond donors (Lipinski definition) is 0. The minimum atomic E-state index is 0. The van der Waals surface area contributed by atoms with Crippen molar-refractivity contribution >= 4 is 6.08 Å². The summed E-state index contributed by atoms with van der Waals surface area (Å²) >= 11 is 0. The fraction of sp³-hybridized carbons (Fsp3) is 0. The first-order chi connectivity index (χ1) is 7.45. The fourth-order valence-electron chi connectivity index (χ4n) is 1.40. The van der Waals surface area contributed by atoms with E-state index in [0.717, 1.165) is 0 Å². The van der Waals surface area contributed by atoms with Crippen molar-refractivity contribution in [3.05, 3.63) is 84.3 Å². The summed E-state index contributed by atoms with van der Waals surface area (Å²) in [5.41, 5.74) is 2.45. The van der Waals surface area contributed by atoms with Gasteiger partial charge in [-0.15, -0.1) is 48.4 Å². The molecule has 0 saturated carbocycles. The quantitative estimate of drug-likeness (QED) is 0.748. The Morgan fingerprint density at radius 3 is 1.94 bits per heavy atom. The maximum Gasteiger partial charge on any atom is 0 e. The summed E-state index contributed by atoms with van der Waals surface area (Å²) < 4.78 is 0. The van der Waals surface area contributed by atoms with Gasteiger partial charge in [0.05, 0.1) is 0 Å². The second-order valence-corrected chi connectivity index (χ2v) is 3.35. The Bertz CT molecular complexity index is 418. The van der Waals surface area contributed by atoms with Gasteiger partial charge in [-0.05, 0) is 0 Å². The molecule has 0 nitrogen and oxygen atoms in total. The largest absolute Gasteiger partial charge is 0.148 e. The Kier molecular flexibility index (Phi) is 6.14. The molecule has 0 atom stereocenters. The van der Waals surface area contributed by atoms with Gasteiger partial charge in [-0.2, -0.15) is 0 Å². The van der Waals surface area contributed by atoms with Gasteiger partial charge < -0.3 is 0 Å². The molecule has 2 rings (SSSR count). The van der Waals surface area contributed by atoms with Gasteiger partial charge in [0.2, 0.25) is 0 Å². The maximum absolute atomic E-state index is 2.10. The smallest absolute Gasteiger partial charge is 0 e. The van der Waals surface area contributed by atoms with Crippen molar-refractivity contribution in [2.45, 2.75) is 0 Å². The molecule has 0 aliphatic carbocycles. The van der Waals surface area contributed by atoms with E-state index in [-0.39, 0.29) is 32.7 Å². The van der Waals surface area contributed by atoms with Crippen LogP contribution in [0, 0.1) is 6.42 Å². The van der Waals surface area contributed by atoms with Gasteiger partial charge in [-0.3, -0.25) is 0 Å². The predicted octanol–water partition coefficient (Wildman–Crippen LogP) is 3.95. The molecule has 0 aliphatic heterocycles. The zero-order valence-corrected chi connectivity index (χ0v) is 11.9. The summed E-state index contributed by atoms with van der Waals surface area (Å²) in [6, 6.07) is 20.6. The average Bonchev–Trinajstić information content (AvgIpc) is 2.32. The van der Waals surface area contributed by atoms with Crippen molar-refractivity contribution in [3.63, 3.8) is 0 Å². The summed E-state index contributed by atoms with van der Waals surface area (Å²) in [7, 11) is 0. The van der Waals surface area contributed by atoms with E-state index in [1.54, 1.807) is 0 Å². The van der Waals surface area contributed by atoms with Crippen molar-refractivity contribution in [2.24, 2.45) is 0 Å². The van der Waals surface area contributed by atoms with E-state index < -0.39 is 0 Å². The maximum atomic E-state index is 2.10. The normalized spacial score (nSPS) is 9.75. The monoisotopic (exact) mass is 282 g/mol. The van der Waals surface area contributed by atoms with Gasteiger partial charge in [0.25, 0.3) is 0 Å². The number of rotatable bonds is 3. The van der Waals surface area contributed by atoms with Gasteiger partial charge in [0.15, 0.2) is 0 Å². The van der Waals surface area contributed by atoms with Crippen molar-refractivity contribution in [3.8, 4) is 0 Å². The molecule has 2 aromatic rings. The van der Waals surface area contributed by atoms with Crippen LogP contribution in [0.1, 0.15) is 11.1 Å². The first kappa shape index (κ1) is 13.2. The van der Waals surface area contributed by atoms with Crippen LogP contribution in [0.2, 0.25) is 0 Å². The third-order valence-corrected chi connectivity index (χ3v) is 2.18. The van der Waals surface area contributed by atoms with Crippen LogP contribution in [0.15, 0.2) is 66.7 Å².